The van der Waals surface area contributed by atoms with E-state index in [-0.39, 0.29) is 18.0 Å². The molecule has 1 fully saturated rings. The van der Waals surface area contributed by atoms with E-state index < -0.39 is 0 Å². The van der Waals surface area contributed by atoms with Gasteiger partial charge in [0.25, 0.3) is 0 Å². The molecule has 3 nitrogen and oxygen atoms in total. The fourth-order valence-corrected chi connectivity index (χ4v) is 2.20. The molecule has 1 saturated carbocycles. The Hall–Kier alpha value is -0.220. The molecule has 2 atom stereocenters. The molecule has 0 aromatic heterocycles. The number of thioether (sulfide) groups is 1. The fourth-order valence-electron chi connectivity index (χ4n) is 1.81. The summed E-state index contributed by atoms with van der Waals surface area (Å²) in [5.74, 6) is 1.05. The fraction of sp³-hybridized carbons (Fsp3) is 0.900. The van der Waals surface area contributed by atoms with E-state index in [0.29, 0.717) is 6.42 Å². The SMILES string of the molecule is CSCCC(=O)N[C@@H]1CCCC[C@H]1N. The summed E-state index contributed by atoms with van der Waals surface area (Å²) in [5.41, 5.74) is 5.94. The van der Waals surface area contributed by atoms with Crippen molar-refractivity contribution in [2.45, 2.75) is 44.2 Å². The van der Waals surface area contributed by atoms with Crippen molar-refractivity contribution in [2.24, 2.45) is 5.73 Å². The first-order valence-corrected chi connectivity index (χ1v) is 6.67. The molecule has 0 unspecified atom stereocenters. The second kappa shape index (κ2) is 6.30. The van der Waals surface area contributed by atoms with Gasteiger partial charge in [-0.15, -0.1) is 0 Å². The third-order valence-electron chi connectivity index (χ3n) is 2.70. The van der Waals surface area contributed by atoms with Crippen LogP contribution < -0.4 is 11.1 Å². The van der Waals surface area contributed by atoms with Gasteiger partial charge in [0.15, 0.2) is 0 Å². The topological polar surface area (TPSA) is 55.1 Å². The Labute approximate surface area is 90.2 Å². The highest BCUT2D eigenvalue weighted by atomic mass is 32.2. The third kappa shape index (κ3) is 3.88. The molecule has 0 heterocycles. The van der Waals surface area contributed by atoms with E-state index in [4.69, 9.17) is 5.73 Å². The monoisotopic (exact) mass is 216 g/mol. The van der Waals surface area contributed by atoms with Crippen LogP contribution >= 0.6 is 11.8 Å². The Morgan fingerprint density at radius 1 is 1.50 bits per heavy atom. The van der Waals surface area contributed by atoms with Crippen LogP contribution in [0.15, 0.2) is 0 Å². The highest BCUT2D eigenvalue weighted by Gasteiger charge is 2.22. The van der Waals surface area contributed by atoms with Crippen molar-refractivity contribution >= 4 is 17.7 Å². The van der Waals surface area contributed by atoms with Gasteiger partial charge in [-0.25, -0.2) is 0 Å². The highest BCUT2D eigenvalue weighted by molar-refractivity contribution is 7.98. The summed E-state index contributed by atoms with van der Waals surface area (Å²) in [6, 6.07) is 0.389. The molecule has 82 valence electrons. The minimum Gasteiger partial charge on any atom is -0.352 e. The third-order valence-corrected chi connectivity index (χ3v) is 3.31. The van der Waals surface area contributed by atoms with Gasteiger partial charge >= 0.3 is 0 Å². The van der Waals surface area contributed by atoms with Gasteiger partial charge < -0.3 is 11.1 Å². The molecule has 0 aromatic carbocycles. The first kappa shape index (κ1) is 11.9. The highest BCUT2D eigenvalue weighted by Crippen LogP contribution is 2.16. The number of nitrogens with one attached hydrogen (secondary N) is 1. The maximum absolute atomic E-state index is 11.4. The van der Waals surface area contributed by atoms with Crippen molar-refractivity contribution in [2.75, 3.05) is 12.0 Å². The summed E-state index contributed by atoms with van der Waals surface area (Å²) in [6.07, 6.45) is 7.13. The standard InChI is InChI=1S/C10H20N2OS/c1-14-7-6-10(13)12-9-5-3-2-4-8(9)11/h8-9H,2-7,11H2,1H3,(H,12,13)/t8-,9-/m1/s1. The lowest BCUT2D eigenvalue weighted by atomic mass is 9.91. The van der Waals surface area contributed by atoms with Crippen LogP contribution in [-0.4, -0.2) is 30.0 Å². The molecule has 0 aliphatic heterocycles. The summed E-state index contributed by atoms with van der Waals surface area (Å²) < 4.78 is 0. The molecule has 1 amide bonds. The van der Waals surface area contributed by atoms with Crippen LogP contribution in [0.1, 0.15) is 32.1 Å². The molecule has 0 bridgehead atoms. The zero-order valence-corrected chi connectivity index (χ0v) is 9.61. The van der Waals surface area contributed by atoms with E-state index in [1.165, 1.54) is 12.8 Å². The minimum absolute atomic E-state index is 0.154. The van der Waals surface area contributed by atoms with E-state index >= 15 is 0 Å². The van der Waals surface area contributed by atoms with Crippen LogP contribution in [0.4, 0.5) is 0 Å². The molecule has 4 heteroatoms. The smallest absolute Gasteiger partial charge is 0.221 e. The van der Waals surface area contributed by atoms with Gasteiger partial charge in [0.1, 0.15) is 0 Å². The first-order chi connectivity index (χ1) is 6.74. The van der Waals surface area contributed by atoms with Crippen LogP contribution in [0.3, 0.4) is 0 Å². The molecule has 0 radical (unpaired) electrons. The molecule has 1 aliphatic carbocycles. The van der Waals surface area contributed by atoms with E-state index in [1.807, 2.05) is 6.26 Å². The van der Waals surface area contributed by atoms with E-state index in [0.717, 1.165) is 18.6 Å². The Morgan fingerprint density at radius 2 is 2.21 bits per heavy atom. The zero-order valence-electron chi connectivity index (χ0n) is 8.79. The van der Waals surface area contributed by atoms with Crippen molar-refractivity contribution in [1.82, 2.24) is 5.32 Å². The predicted octanol–water partition coefficient (Wildman–Crippen LogP) is 1.13. The second-order valence-corrected chi connectivity index (χ2v) is 4.85. The zero-order chi connectivity index (χ0) is 10.4. The molecule has 14 heavy (non-hydrogen) atoms. The van der Waals surface area contributed by atoms with Crippen LogP contribution in [0.5, 0.6) is 0 Å². The van der Waals surface area contributed by atoms with Gasteiger partial charge in [0.2, 0.25) is 5.91 Å². The second-order valence-electron chi connectivity index (χ2n) is 3.87. The molecule has 0 spiro atoms. The van der Waals surface area contributed by atoms with Crippen molar-refractivity contribution in [3.8, 4) is 0 Å². The van der Waals surface area contributed by atoms with Gasteiger partial charge in [0.05, 0.1) is 0 Å². The van der Waals surface area contributed by atoms with E-state index in [2.05, 4.69) is 5.32 Å². The average molecular weight is 216 g/mol. The number of hydrogen-bond acceptors (Lipinski definition) is 3. The predicted molar refractivity (Wildman–Crippen MR) is 61.4 cm³/mol. The number of carbonyl (C=O) groups is 1. The van der Waals surface area contributed by atoms with Gasteiger partial charge in [0, 0.05) is 24.3 Å². The summed E-state index contributed by atoms with van der Waals surface area (Å²) in [4.78, 5) is 11.4. The quantitative estimate of drug-likeness (QED) is 0.740. The van der Waals surface area contributed by atoms with Gasteiger partial charge in [-0.3, -0.25) is 4.79 Å². The lowest BCUT2D eigenvalue weighted by Gasteiger charge is -2.29. The molecule has 3 N–H and O–H groups in total. The Morgan fingerprint density at radius 3 is 2.86 bits per heavy atom. The van der Waals surface area contributed by atoms with Gasteiger partial charge in [-0.1, -0.05) is 12.8 Å². The summed E-state index contributed by atoms with van der Waals surface area (Å²) >= 11 is 1.70. The number of amides is 1. The molecule has 0 aromatic rings. The molecule has 1 aliphatic rings. The number of hydrogen-bond donors (Lipinski definition) is 2. The van der Waals surface area contributed by atoms with Crippen molar-refractivity contribution in [1.29, 1.82) is 0 Å². The number of nitrogens with two attached hydrogens (primary N) is 1. The molecule has 0 saturated heterocycles. The number of rotatable bonds is 4. The Kier molecular flexibility index (Phi) is 5.33. The van der Waals surface area contributed by atoms with Crippen LogP contribution in [-0.2, 0) is 4.79 Å². The van der Waals surface area contributed by atoms with E-state index in [1.54, 1.807) is 11.8 Å². The van der Waals surface area contributed by atoms with Gasteiger partial charge in [-0.2, -0.15) is 11.8 Å². The average Bonchev–Trinajstić information content (AvgIpc) is 2.18. The summed E-state index contributed by atoms with van der Waals surface area (Å²) in [7, 11) is 0. The van der Waals surface area contributed by atoms with Crippen LogP contribution in [0.25, 0.3) is 0 Å². The van der Waals surface area contributed by atoms with Crippen molar-refractivity contribution in [3.63, 3.8) is 0 Å². The number of carbonyl (C=O) groups excluding carboxylic acids is 1. The largest absolute Gasteiger partial charge is 0.352 e. The van der Waals surface area contributed by atoms with Gasteiger partial charge in [-0.05, 0) is 19.1 Å². The Bertz CT molecular complexity index is 187. The normalized spacial score (nSPS) is 27.3. The minimum atomic E-state index is 0.154. The van der Waals surface area contributed by atoms with Crippen molar-refractivity contribution < 1.29 is 4.79 Å². The van der Waals surface area contributed by atoms with E-state index in [9.17, 15) is 4.79 Å². The molecular formula is C10H20N2OS. The maximum Gasteiger partial charge on any atom is 0.221 e. The Balaban J connectivity index is 2.23. The first-order valence-electron chi connectivity index (χ1n) is 5.28. The summed E-state index contributed by atoms with van der Waals surface area (Å²) in [5, 5.41) is 3.03. The summed E-state index contributed by atoms with van der Waals surface area (Å²) in [6.45, 7) is 0. The lowest BCUT2D eigenvalue weighted by molar-refractivity contribution is -0.121. The molecule has 1 rings (SSSR count). The maximum atomic E-state index is 11.4. The lowest BCUT2D eigenvalue weighted by Crippen LogP contribution is -2.49. The van der Waals surface area contributed by atoms with Crippen LogP contribution in [0, 0.1) is 0 Å². The molecular weight excluding hydrogens is 196 g/mol. The van der Waals surface area contributed by atoms with Crippen molar-refractivity contribution in [3.05, 3.63) is 0 Å². The van der Waals surface area contributed by atoms with Crippen LogP contribution in [0.2, 0.25) is 0 Å².